The van der Waals surface area contributed by atoms with Crippen LogP contribution in [0.15, 0.2) is 30.3 Å². The van der Waals surface area contributed by atoms with Crippen molar-refractivity contribution in [3.63, 3.8) is 0 Å². The molecule has 1 saturated heterocycles. The first kappa shape index (κ1) is 20.2. The number of hydrogen-bond acceptors (Lipinski definition) is 7. The molecule has 29 heavy (non-hydrogen) atoms. The second-order valence-electron chi connectivity index (χ2n) is 5.89. The van der Waals surface area contributed by atoms with Gasteiger partial charge in [0.25, 0.3) is 11.8 Å². The monoisotopic (exact) mass is 425 g/mol. The van der Waals surface area contributed by atoms with Crippen molar-refractivity contribution < 1.29 is 37.0 Å². The third-order valence-corrected chi connectivity index (χ3v) is 5.39. The summed E-state index contributed by atoms with van der Waals surface area (Å²) in [6.07, 6.45) is 0. The van der Waals surface area contributed by atoms with E-state index in [1.165, 1.54) is 32.4 Å². The van der Waals surface area contributed by atoms with Crippen molar-refractivity contribution in [2.75, 3.05) is 30.4 Å². The highest BCUT2D eigenvalue weighted by Gasteiger charge is 2.37. The van der Waals surface area contributed by atoms with Crippen LogP contribution in [0.1, 0.15) is 10.4 Å². The molecule has 0 bridgehead atoms. The van der Waals surface area contributed by atoms with Gasteiger partial charge in [-0.25, -0.2) is 13.4 Å². The smallest absolute Gasteiger partial charge is 0.326 e. The molecule has 2 aromatic carbocycles. The highest BCUT2D eigenvalue weighted by atomic mass is 32.2. The van der Waals surface area contributed by atoms with Crippen LogP contribution in [0.25, 0.3) is 0 Å². The summed E-state index contributed by atoms with van der Waals surface area (Å²) >= 11 is 0. The summed E-state index contributed by atoms with van der Waals surface area (Å²) in [6, 6.07) is 6.17. The number of anilines is 2. The number of aromatic hydroxyl groups is 1. The van der Waals surface area contributed by atoms with Crippen LogP contribution < -0.4 is 23.8 Å². The Bertz CT molecular complexity index is 1080. The number of nitrogens with one attached hydrogen (secondary N) is 2. The fourth-order valence-corrected chi connectivity index (χ4v) is 3.90. The molecule has 1 fully saturated rings. The summed E-state index contributed by atoms with van der Waals surface area (Å²) in [4.78, 5) is 23.7. The number of phenolic OH excluding ortho intramolecular Hbond substituents is 1. The molecule has 1 aliphatic rings. The van der Waals surface area contributed by atoms with Crippen LogP contribution >= 0.6 is 0 Å². The Hall–Kier alpha value is -3.54. The zero-order valence-electron chi connectivity index (χ0n) is 15.2. The van der Waals surface area contributed by atoms with Crippen molar-refractivity contribution in [1.82, 2.24) is 4.72 Å². The summed E-state index contributed by atoms with van der Waals surface area (Å²) in [6.45, 7) is -0.676. The van der Waals surface area contributed by atoms with Crippen molar-refractivity contribution in [2.24, 2.45) is 0 Å². The van der Waals surface area contributed by atoms with Crippen LogP contribution in [0.3, 0.4) is 0 Å². The van der Waals surface area contributed by atoms with Gasteiger partial charge < -0.3 is 19.9 Å². The Morgan fingerprint density at radius 1 is 1.21 bits per heavy atom. The first-order chi connectivity index (χ1) is 13.7. The lowest BCUT2D eigenvalue weighted by Crippen LogP contribution is -2.30. The number of halogens is 1. The molecule has 0 saturated carbocycles. The molecule has 1 aliphatic heterocycles. The average molecular weight is 425 g/mol. The molecule has 0 unspecified atom stereocenters. The van der Waals surface area contributed by atoms with Crippen molar-refractivity contribution in [3.8, 4) is 17.2 Å². The molecule has 1 heterocycles. The van der Waals surface area contributed by atoms with Gasteiger partial charge in [0, 0.05) is 17.3 Å². The molecule has 3 N–H and O–H groups in total. The minimum absolute atomic E-state index is 0.126. The lowest BCUT2D eigenvalue weighted by atomic mass is 10.1. The summed E-state index contributed by atoms with van der Waals surface area (Å²) in [5.41, 5.74) is -0.657. The van der Waals surface area contributed by atoms with E-state index in [1.54, 1.807) is 4.72 Å². The van der Waals surface area contributed by atoms with Crippen LogP contribution in [-0.2, 0) is 15.0 Å². The Kier molecular flexibility index (Phi) is 5.20. The second kappa shape index (κ2) is 7.47. The summed E-state index contributed by atoms with van der Waals surface area (Å²) in [5, 5.41) is 12.5. The maximum absolute atomic E-state index is 14.5. The van der Waals surface area contributed by atoms with Gasteiger partial charge in [-0.05, 0) is 24.3 Å². The van der Waals surface area contributed by atoms with Gasteiger partial charge in [-0.1, -0.05) is 0 Å². The molecule has 3 rings (SSSR count). The first-order valence-electron chi connectivity index (χ1n) is 8.05. The minimum atomic E-state index is -4.31. The first-order valence-corrected chi connectivity index (χ1v) is 9.49. The standard InChI is InChI=1S/C17H16FN3O7S/c1-27-13-4-3-9(5-14(13)28-2)17(24)19-10-6-11(18)16(12(22)7-10)21-8-15(23)20-29(21,25)26/h3-7,22H,8H2,1-2H3,(H,19,24)(H,20,23). The quantitative estimate of drug-likeness (QED) is 0.650. The molecule has 0 atom stereocenters. The zero-order valence-corrected chi connectivity index (χ0v) is 16.0. The van der Waals surface area contributed by atoms with Gasteiger partial charge in [0.1, 0.15) is 18.0 Å². The van der Waals surface area contributed by atoms with Gasteiger partial charge >= 0.3 is 10.2 Å². The number of carbonyl (C=O) groups is 2. The van der Waals surface area contributed by atoms with Crippen molar-refractivity contribution in [1.29, 1.82) is 0 Å². The van der Waals surface area contributed by atoms with E-state index in [-0.39, 0.29) is 11.3 Å². The predicted octanol–water partition coefficient (Wildman–Crippen LogP) is 0.982. The molecule has 2 aromatic rings. The number of methoxy groups -OCH3 is 2. The van der Waals surface area contributed by atoms with E-state index in [0.717, 1.165) is 12.1 Å². The predicted molar refractivity (Wildman–Crippen MR) is 100.0 cm³/mol. The maximum Gasteiger partial charge on any atom is 0.326 e. The summed E-state index contributed by atoms with van der Waals surface area (Å²) in [7, 11) is -1.47. The molecule has 10 nitrogen and oxygen atoms in total. The molecular formula is C17H16FN3O7S. The third-order valence-electron chi connectivity index (χ3n) is 4.02. The number of ether oxygens (including phenoxy) is 2. The number of carbonyl (C=O) groups excluding carboxylic acids is 2. The number of hydrogen-bond donors (Lipinski definition) is 3. The van der Waals surface area contributed by atoms with Gasteiger partial charge in [0.15, 0.2) is 17.3 Å². The van der Waals surface area contributed by atoms with Crippen LogP contribution in [0, 0.1) is 5.82 Å². The van der Waals surface area contributed by atoms with Gasteiger partial charge in [0.05, 0.1) is 14.2 Å². The number of rotatable bonds is 5. The van der Waals surface area contributed by atoms with E-state index < -0.39 is 45.8 Å². The molecular weight excluding hydrogens is 409 g/mol. The lowest BCUT2D eigenvalue weighted by Gasteiger charge is -2.18. The summed E-state index contributed by atoms with van der Waals surface area (Å²) in [5.74, 6) is -2.70. The third kappa shape index (κ3) is 3.87. The topological polar surface area (TPSA) is 134 Å². The van der Waals surface area contributed by atoms with Crippen LogP contribution in [0.5, 0.6) is 17.2 Å². The molecule has 154 valence electrons. The summed E-state index contributed by atoms with van der Waals surface area (Å²) < 4.78 is 50.5. The van der Waals surface area contributed by atoms with Crippen molar-refractivity contribution in [2.45, 2.75) is 0 Å². The fourth-order valence-electron chi connectivity index (χ4n) is 2.73. The molecule has 0 radical (unpaired) electrons. The Labute approximate surface area is 165 Å². The van der Waals surface area contributed by atoms with E-state index in [1.807, 2.05) is 0 Å². The number of phenols is 1. The van der Waals surface area contributed by atoms with Crippen LogP contribution in [0.4, 0.5) is 15.8 Å². The number of nitrogens with zero attached hydrogens (tertiary/aromatic N) is 1. The lowest BCUT2D eigenvalue weighted by molar-refractivity contribution is -0.117. The SMILES string of the molecule is COc1ccc(C(=O)Nc2cc(O)c(N3CC(=O)NS3(=O)=O)c(F)c2)cc1OC. The average Bonchev–Trinajstić information content (AvgIpc) is 2.92. The number of benzene rings is 2. The molecule has 0 aromatic heterocycles. The van der Waals surface area contributed by atoms with Gasteiger partial charge in [-0.2, -0.15) is 8.42 Å². The highest BCUT2D eigenvalue weighted by molar-refractivity contribution is 7.92. The fraction of sp³-hybridized carbons (Fsp3) is 0.176. The van der Waals surface area contributed by atoms with E-state index in [0.29, 0.717) is 15.8 Å². The van der Waals surface area contributed by atoms with Gasteiger partial charge in [0.2, 0.25) is 0 Å². The second-order valence-corrected chi connectivity index (χ2v) is 7.48. The van der Waals surface area contributed by atoms with Crippen molar-refractivity contribution >= 4 is 33.4 Å². The largest absolute Gasteiger partial charge is 0.506 e. The molecule has 0 aliphatic carbocycles. The Balaban J connectivity index is 1.88. The van der Waals surface area contributed by atoms with Crippen molar-refractivity contribution in [3.05, 3.63) is 41.7 Å². The van der Waals surface area contributed by atoms with E-state index in [2.05, 4.69) is 5.32 Å². The van der Waals surface area contributed by atoms with Crippen LogP contribution in [0.2, 0.25) is 0 Å². The van der Waals surface area contributed by atoms with E-state index in [4.69, 9.17) is 9.47 Å². The van der Waals surface area contributed by atoms with Gasteiger partial charge in [-0.3, -0.25) is 9.59 Å². The zero-order chi connectivity index (χ0) is 21.3. The number of amides is 2. The van der Waals surface area contributed by atoms with Crippen LogP contribution in [-0.4, -0.2) is 46.1 Å². The van der Waals surface area contributed by atoms with E-state index in [9.17, 15) is 27.5 Å². The van der Waals surface area contributed by atoms with Gasteiger partial charge in [-0.15, -0.1) is 0 Å². The van der Waals surface area contributed by atoms with E-state index >= 15 is 0 Å². The Morgan fingerprint density at radius 3 is 2.45 bits per heavy atom. The Morgan fingerprint density at radius 2 is 1.90 bits per heavy atom. The normalized spacial score (nSPS) is 15.0. The molecule has 0 spiro atoms. The molecule has 2 amide bonds. The highest BCUT2D eigenvalue weighted by Crippen LogP contribution is 2.36. The molecule has 12 heteroatoms. The minimum Gasteiger partial charge on any atom is -0.506 e. The maximum atomic E-state index is 14.5.